The van der Waals surface area contributed by atoms with Crippen molar-refractivity contribution in [3.63, 3.8) is 0 Å². The molecule has 1 rings (SSSR count). The highest BCUT2D eigenvalue weighted by molar-refractivity contribution is 5.13. The minimum Gasteiger partial charge on any atom is -0.390 e. The van der Waals surface area contributed by atoms with Gasteiger partial charge in [-0.15, -0.1) is 0 Å². The van der Waals surface area contributed by atoms with Crippen LogP contribution in [0.1, 0.15) is 32.8 Å². The number of ether oxygens (including phenoxy) is 1. The van der Waals surface area contributed by atoms with E-state index < -0.39 is 6.10 Å². The van der Waals surface area contributed by atoms with Crippen molar-refractivity contribution in [2.45, 2.75) is 39.9 Å². The number of aliphatic hydroxyl groups is 1. The molecule has 1 aromatic carbocycles. The second-order valence-corrected chi connectivity index (χ2v) is 4.88. The molecule has 0 radical (unpaired) electrons. The van der Waals surface area contributed by atoms with E-state index in [9.17, 15) is 5.11 Å². The highest BCUT2D eigenvalue weighted by Gasteiger charge is 2.14. The predicted molar refractivity (Wildman–Crippen MR) is 75.3 cm³/mol. The molecule has 2 atom stereocenters. The minimum absolute atomic E-state index is 0.186. The highest BCUT2D eigenvalue weighted by Crippen LogP contribution is 2.14. The molecule has 2 nitrogen and oxygen atoms in total. The summed E-state index contributed by atoms with van der Waals surface area (Å²) < 4.78 is 5.57. The molecule has 0 saturated carbocycles. The van der Waals surface area contributed by atoms with Crippen LogP contribution in [0.5, 0.6) is 0 Å². The average Bonchev–Trinajstić information content (AvgIpc) is 2.36. The third kappa shape index (κ3) is 5.48. The van der Waals surface area contributed by atoms with Crippen LogP contribution in [0.15, 0.2) is 42.0 Å². The number of allylic oxidation sites excluding steroid dienone is 1. The van der Waals surface area contributed by atoms with Crippen molar-refractivity contribution in [3.05, 3.63) is 47.5 Å². The summed E-state index contributed by atoms with van der Waals surface area (Å²) in [6.45, 7) is 7.14. The van der Waals surface area contributed by atoms with Crippen molar-refractivity contribution in [1.29, 1.82) is 0 Å². The third-order valence-corrected chi connectivity index (χ3v) is 2.91. The van der Waals surface area contributed by atoms with E-state index in [1.807, 2.05) is 30.3 Å². The molecule has 18 heavy (non-hydrogen) atoms. The van der Waals surface area contributed by atoms with Crippen molar-refractivity contribution in [2.75, 3.05) is 6.61 Å². The molecule has 0 fully saturated rings. The lowest BCUT2D eigenvalue weighted by Gasteiger charge is -2.19. The number of benzene rings is 1. The van der Waals surface area contributed by atoms with Crippen LogP contribution in [0.3, 0.4) is 0 Å². The number of aliphatic hydroxyl groups excluding tert-OH is 1. The summed E-state index contributed by atoms with van der Waals surface area (Å²) in [6.07, 6.45) is 2.63. The summed E-state index contributed by atoms with van der Waals surface area (Å²) in [6, 6.07) is 10.0. The van der Waals surface area contributed by atoms with Crippen molar-refractivity contribution < 1.29 is 9.84 Å². The normalized spacial score (nSPS) is 14.0. The Labute approximate surface area is 110 Å². The molecule has 0 aromatic heterocycles. The van der Waals surface area contributed by atoms with Gasteiger partial charge in [-0.1, -0.05) is 48.9 Å². The molecule has 0 aliphatic carbocycles. The van der Waals surface area contributed by atoms with Gasteiger partial charge in [0.25, 0.3) is 0 Å². The van der Waals surface area contributed by atoms with Crippen LogP contribution < -0.4 is 0 Å². The summed E-state index contributed by atoms with van der Waals surface area (Å²) in [5, 5.41) is 10.1. The van der Waals surface area contributed by atoms with Crippen molar-refractivity contribution in [2.24, 2.45) is 5.92 Å². The van der Waals surface area contributed by atoms with Gasteiger partial charge in [-0.2, -0.15) is 0 Å². The first-order valence-corrected chi connectivity index (χ1v) is 6.58. The summed E-state index contributed by atoms with van der Waals surface area (Å²) in [7, 11) is 0. The second-order valence-electron chi connectivity index (χ2n) is 4.88. The van der Waals surface area contributed by atoms with Gasteiger partial charge in [0.2, 0.25) is 0 Å². The molecule has 0 aliphatic heterocycles. The van der Waals surface area contributed by atoms with Crippen LogP contribution >= 0.6 is 0 Å². The minimum atomic E-state index is -0.423. The van der Waals surface area contributed by atoms with Gasteiger partial charge in [0.15, 0.2) is 0 Å². The quantitative estimate of drug-likeness (QED) is 0.748. The van der Waals surface area contributed by atoms with Gasteiger partial charge in [-0.3, -0.25) is 0 Å². The zero-order valence-corrected chi connectivity index (χ0v) is 11.6. The SMILES string of the molecule is CC[C@@H](C=C(C)C)[C@H](O)COCc1ccccc1. The lowest BCUT2D eigenvalue weighted by atomic mass is 9.97. The van der Waals surface area contributed by atoms with E-state index in [1.165, 1.54) is 5.57 Å². The molecule has 0 unspecified atom stereocenters. The van der Waals surface area contributed by atoms with Crippen LogP contribution in [0.4, 0.5) is 0 Å². The molecule has 0 spiro atoms. The molecule has 0 aliphatic rings. The molecule has 0 saturated heterocycles. The van der Waals surface area contributed by atoms with Crippen LogP contribution in [0.2, 0.25) is 0 Å². The zero-order valence-electron chi connectivity index (χ0n) is 11.6. The highest BCUT2D eigenvalue weighted by atomic mass is 16.5. The first-order valence-electron chi connectivity index (χ1n) is 6.58. The molecule has 100 valence electrons. The maximum Gasteiger partial charge on any atom is 0.0836 e. The lowest BCUT2D eigenvalue weighted by molar-refractivity contribution is 0.00745. The topological polar surface area (TPSA) is 29.5 Å². The number of hydrogen-bond acceptors (Lipinski definition) is 2. The molecule has 0 bridgehead atoms. The summed E-state index contributed by atoms with van der Waals surface area (Å²) in [4.78, 5) is 0. The number of rotatable bonds is 7. The number of hydrogen-bond donors (Lipinski definition) is 1. The summed E-state index contributed by atoms with van der Waals surface area (Å²) in [5.41, 5.74) is 2.38. The van der Waals surface area contributed by atoms with Crippen molar-refractivity contribution in [3.8, 4) is 0 Å². The van der Waals surface area contributed by atoms with Gasteiger partial charge >= 0.3 is 0 Å². The Bertz CT molecular complexity index is 353. The van der Waals surface area contributed by atoms with E-state index in [0.717, 1.165) is 12.0 Å². The summed E-state index contributed by atoms with van der Waals surface area (Å²) in [5.74, 6) is 0.186. The Morgan fingerprint density at radius 3 is 2.50 bits per heavy atom. The van der Waals surface area contributed by atoms with Gasteiger partial charge < -0.3 is 9.84 Å². The predicted octanol–water partition coefficient (Wildman–Crippen LogP) is 3.56. The first kappa shape index (κ1) is 14.9. The van der Waals surface area contributed by atoms with Gasteiger partial charge in [-0.05, 0) is 25.8 Å². The van der Waals surface area contributed by atoms with Crippen molar-refractivity contribution in [1.82, 2.24) is 0 Å². The molecule has 1 N–H and O–H groups in total. The van der Waals surface area contributed by atoms with E-state index in [4.69, 9.17) is 4.74 Å². The zero-order chi connectivity index (χ0) is 13.4. The van der Waals surface area contributed by atoms with E-state index in [1.54, 1.807) is 0 Å². The van der Waals surface area contributed by atoms with Gasteiger partial charge in [0.05, 0.1) is 19.3 Å². The fraction of sp³-hybridized carbons (Fsp3) is 0.500. The largest absolute Gasteiger partial charge is 0.390 e. The first-order chi connectivity index (χ1) is 8.63. The standard InChI is InChI=1S/C16H24O2/c1-4-15(10-13(2)3)16(17)12-18-11-14-8-6-5-7-9-14/h5-10,15-17H,4,11-12H2,1-3H3/t15-,16+/m0/s1. The monoisotopic (exact) mass is 248 g/mol. The van der Waals surface area contributed by atoms with Crippen molar-refractivity contribution >= 4 is 0 Å². The Hall–Kier alpha value is -1.12. The molecule has 2 heteroatoms. The van der Waals surface area contributed by atoms with E-state index in [0.29, 0.717) is 13.2 Å². The lowest BCUT2D eigenvalue weighted by Crippen LogP contribution is -2.24. The third-order valence-electron chi connectivity index (χ3n) is 2.91. The van der Waals surface area contributed by atoms with Crippen LogP contribution in [0.25, 0.3) is 0 Å². The van der Waals surface area contributed by atoms with Gasteiger partial charge in [0.1, 0.15) is 0 Å². The Kier molecular flexibility index (Phi) is 6.69. The fourth-order valence-corrected chi connectivity index (χ4v) is 1.92. The molecular formula is C16H24O2. The second kappa shape index (κ2) is 8.06. The Morgan fingerprint density at radius 1 is 1.28 bits per heavy atom. The maximum absolute atomic E-state index is 10.1. The molecule has 0 amide bonds. The Morgan fingerprint density at radius 2 is 1.94 bits per heavy atom. The van der Waals surface area contributed by atoms with E-state index >= 15 is 0 Å². The van der Waals surface area contributed by atoms with Gasteiger partial charge in [0, 0.05) is 5.92 Å². The fourth-order valence-electron chi connectivity index (χ4n) is 1.92. The van der Waals surface area contributed by atoms with Crippen LogP contribution in [-0.4, -0.2) is 17.8 Å². The average molecular weight is 248 g/mol. The van der Waals surface area contributed by atoms with Crippen LogP contribution in [0, 0.1) is 5.92 Å². The maximum atomic E-state index is 10.1. The molecular weight excluding hydrogens is 224 g/mol. The Balaban J connectivity index is 2.36. The van der Waals surface area contributed by atoms with Crippen LogP contribution in [-0.2, 0) is 11.3 Å². The molecule has 1 aromatic rings. The summed E-state index contributed by atoms with van der Waals surface area (Å²) >= 11 is 0. The molecule has 0 heterocycles. The van der Waals surface area contributed by atoms with Gasteiger partial charge in [-0.25, -0.2) is 0 Å². The van der Waals surface area contributed by atoms with E-state index in [2.05, 4.69) is 26.8 Å². The van der Waals surface area contributed by atoms with E-state index in [-0.39, 0.29) is 5.92 Å². The smallest absolute Gasteiger partial charge is 0.0836 e.